The fourth-order valence-corrected chi connectivity index (χ4v) is 8.76. The first kappa shape index (κ1) is 20.9. The van der Waals surface area contributed by atoms with Crippen molar-refractivity contribution >= 4 is 28.1 Å². The van der Waals surface area contributed by atoms with Crippen molar-refractivity contribution in [1.29, 1.82) is 0 Å². The van der Waals surface area contributed by atoms with Crippen LogP contribution >= 0.6 is 11.3 Å². The Bertz CT molecular complexity index is 1290. The van der Waals surface area contributed by atoms with E-state index < -0.39 is 0 Å². The van der Waals surface area contributed by atoms with Gasteiger partial charge in [-0.15, -0.1) is 0 Å². The maximum Gasteiger partial charge on any atom is 0.194 e. The van der Waals surface area contributed by atoms with Crippen molar-refractivity contribution < 1.29 is 4.74 Å². The minimum atomic E-state index is 0.235. The Morgan fingerprint density at radius 1 is 1.03 bits per heavy atom. The number of ether oxygens (including phenoxy) is 1. The lowest BCUT2D eigenvalue weighted by Gasteiger charge is -2.57. The van der Waals surface area contributed by atoms with E-state index in [4.69, 9.17) is 9.72 Å². The van der Waals surface area contributed by atoms with Crippen LogP contribution in [0.4, 0.5) is 0 Å². The van der Waals surface area contributed by atoms with Gasteiger partial charge in [0.15, 0.2) is 5.06 Å². The van der Waals surface area contributed by atoms with Gasteiger partial charge >= 0.3 is 0 Å². The Kier molecular flexibility index (Phi) is 4.65. The summed E-state index contributed by atoms with van der Waals surface area (Å²) in [6.07, 6.45) is 17.9. The Labute approximate surface area is 205 Å². The van der Waals surface area contributed by atoms with E-state index in [2.05, 4.69) is 66.1 Å². The van der Waals surface area contributed by atoms with Gasteiger partial charge in [0, 0.05) is 17.5 Å². The van der Waals surface area contributed by atoms with E-state index in [0.29, 0.717) is 11.5 Å². The molecule has 0 radical (unpaired) electrons. The summed E-state index contributed by atoms with van der Waals surface area (Å²) in [6.45, 7) is 5.12. The van der Waals surface area contributed by atoms with Gasteiger partial charge in [-0.25, -0.2) is 9.97 Å². The van der Waals surface area contributed by atoms with Gasteiger partial charge in [0.2, 0.25) is 0 Å². The second kappa shape index (κ2) is 7.55. The molecule has 0 amide bonds. The SMILES string of the molecule is C[C@]12CC[C@H](Oc3cncs3)CC1=CC[C@@H]1[C@@H]2CC[C@]2(C)C(n3cnc4ccccc43)=CC[C@@H]12. The third-order valence-corrected chi connectivity index (χ3v) is 10.7. The second-order valence-electron chi connectivity index (χ2n) is 11.4. The van der Waals surface area contributed by atoms with Crippen LogP contribution in [0.15, 0.2) is 60.0 Å². The van der Waals surface area contributed by atoms with Gasteiger partial charge in [0.25, 0.3) is 0 Å². The van der Waals surface area contributed by atoms with Crippen molar-refractivity contribution in [1.82, 2.24) is 14.5 Å². The summed E-state index contributed by atoms with van der Waals surface area (Å²) < 4.78 is 8.69. The van der Waals surface area contributed by atoms with Crippen LogP contribution in [0.5, 0.6) is 5.06 Å². The number of benzene rings is 1. The van der Waals surface area contributed by atoms with Gasteiger partial charge < -0.3 is 9.30 Å². The maximum atomic E-state index is 6.30. The molecule has 34 heavy (non-hydrogen) atoms. The van der Waals surface area contributed by atoms with Crippen molar-refractivity contribution in [2.45, 2.75) is 64.9 Å². The zero-order valence-corrected chi connectivity index (χ0v) is 20.9. The summed E-state index contributed by atoms with van der Waals surface area (Å²) in [5.41, 5.74) is 7.94. The molecule has 3 aromatic rings. The predicted molar refractivity (Wildman–Crippen MR) is 138 cm³/mol. The van der Waals surface area contributed by atoms with Crippen molar-refractivity contribution in [3.63, 3.8) is 0 Å². The highest BCUT2D eigenvalue weighted by Gasteiger charge is 2.57. The Balaban J connectivity index is 1.16. The molecule has 4 aliphatic rings. The standard InChI is InChI=1S/C29H33N3OS/c1-28-13-11-20(33-27-16-30-18-34-27)15-19(28)7-8-21-22-9-10-26(29(22,2)14-12-23(21)28)32-17-31-24-5-3-4-6-25(24)32/h3-7,10,16-18,20-23H,8-9,11-15H2,1-2H3/t20-,21-,22-,23-,28-,29-/m0/s1. The summed E-state index contributed by atoms with van der Waals surface area (Å²) in [7, 11) is 0. The zero-order valence-electron chi connectivity index (χ0n) is 20.1. The average Bonchev–Trinajstić information content (AvgIpc) is 3.57. The first-order chi connectivity index (χ1) is 16.6. The van der Waals surface area contributed by atoms with Gasteiger partial charge in [-0.05, 0) is 73.8 Å². The number of allylic oxidation sites excluding steroid dienone is 3. The molecule has 4 aliphatic carbocycles. The topological polar surface area (TPSA) is 39.9 Å². The highest BCUT2D eigenvalue weighted by atomic mass is 32.1. The minimum Gasteiger partial charge on any atom is -0.479 e. The van der Waals surface area contributed by atoms with Gasteiger partial charge in [-0.2, -0.15) is 0 Å². The van der Waals surface area contributed by atoms with E-state index in [9.17, 15) is 0 Å². The molecule has 0 unspecified atom stereocenters. The lowest BCUT2D eigenvalue weighted by molar-refractivity contribution is -0.0219. The molecule has 2 heterocycles. The molecule has 6 atom stereocenters. The number of hydrogen-bond acceptors (Lipinski definition) is 4. The quantitative estimate of drug-likeness (QED) is 0.375. The van der Waals surface area contributed by atoms with E-state index >= 15 is 0 Å². The molecule has 7 rings (SSSR count). The molecule has 1 aromatic carbocycles. The number of hydrogen-bond donors (Lipinski definition) is 0. The van der Waals surface area contributed by atoms with Crippen molar-refractivity contribution in [3.05, 3.63) is 60.0 Å². The molecule has 2 saturated carbocycles. The van der Waals surface area contributed by atoms with Crippen LogP contribution in [-0.4, -0.2) is 20.6 Å². The molecular formula is C29H33N3OS. The zero-order chi connectivity index (χ0) is 22.9. The lowest BCUT2D eigenvalue weighted by Crippen LogP contribution is -2.50. The van der Waals surface area contributed by atoms with Crippen molar-refractivity contribution in [2.24, 2.45) is 28.6 Å². The number of imidazole rings is 1. The van der Waals surface area contributed by atoms with Crippen molar-refractivity contribution in [3.8, 4) is 5.06 Å². The van der Waals surface area contributed by atoms with Crippen LogP contribution < -0.4 is 4.74 Å². The summed E-state index contributed by atoms with van der Waals surface area (Å²) in [5, 5.41) is 0.966. The Hall–Kier alpha value is -2.40. The highest BCUT2D eigenvalue weighted by molar-refractivity contribution is 7.11. The van der Waals surface area contributed by atoms with Crippen molar-refractivity contribution in [2.75, 3.05) is 0 Å². The highest BCUT2D eigenvalue weighted by Crippen LogP contribution is 2.65. The molecular weight excluding hydrogens is 438 g/mol. The summed E-state index contributed by atoms with van der Waals surface area (Å²) in [4.78, 5) is 8.89. The molecule has 2 aromatic heterocycles. The first-order valence-corrected chi connectivity index (χ1v) is 13.8. The fraction of sp³-hybridized carbons (Fsp3) is 0.517. The van der Waals surface area contributed by atoms with Crippen LogP contribution in [0.3, 0.4) is 0 Å². The fourth-order valence-electron chi connectivity index (χ4n) is 8.22. The Morgan fingerprint density at radius 2 is 1.91 bits per heavy atom. The number of rotatable bonds is 3. The molecule has 0 spiro atoms. The summed E-state index contributed by atoms with van der Waals surface area (Å²) >= 11 is 1.61. The van der Waals surface area contributed by atoms with Crippen LogP contribution in [0, 0.1) is 28.6 Å². The normalized spacial score (nSPS) is 36.9. The van der Waals surface area contributed by atoms with Crippen LogP contribution in [-0.2, 0) is 0 Å². The number of fused-ring (bicyclic) bond motifs is 6. The minimum absolute atomic E-state index is 0.235. The molecule has 0 saturated heterocycles. The molecule has 0 bridgehead atoms. The maximum absolute atomic E-state index is 6.30. The predicted octanol–water partition coefficient (Wildman–Crippen LogP) is 7.35. The van der Waals surface area contributed by atoms with E-state index in [1.54, 1.807) is 16.9 Å². The smallest absolute Gasteiger partial charge is 0.194 e. The van der Waals surface area contributed by atoms with Gasteiger partial charge in [0.1, 0.15) is 12.4 Å². The Morgan fingerprint density at radius 3 is 2.79 bits per heavy atom. The third kappa shape index (κ3) is 2.95. The van der Waals surface area contributed by atoms with Crippen LogP contribution in [0.2, 0.25) is 0 Å². The number of nitrogens with zero attached hydrogens (tertiary/aromatic N) is 3. The van der Waals surface area contributed by atoms with Crippen LogP contribution in [0.25, 0.3) is 16.7 Å². The van der Waals surface area contributed by atoms with Gasteiger partial charge in [-0.3, -0.25) is 0 Å². The number of thiazole rings is 1. The monoisotopic (exact) mass is 471 g/mol. The van der Waals surface area contributed by atoms with E-state index in [0.717, 1.165) is 41.2 Å². The molecule has 5 heteroatoms. The van der Waals surface area contributed by atoms with E-state index in [-0.39, 0.29) is 5.41 Å². The molecule has 4 nitrogen and oxygen atoms in total. The molecule has 0 aliphatic heterocycles. The summed E-state index contributed by atoms with van der Waals surface area (Å²) in [6, 6.07) is 8.56. The molecule has 0 N–H and O–H groups in total. The second-order valence-corrected chi connectivity index (χ2v) is 12.3. The van der Waals surface area contributed by atoms with Gasteiger partial charge in [-0.1, -0.05) is 55.0 Å². The molecule has 2 fully saturated rings. The number of aromatic nitrogens is 3. The van der Waals surface area contributed by atoms with Crippen LogP contribution in [0.1, 0.15) is 58.8 Å². The first-order valence-electron chi connectivity index (χ1n) is 12.9. The third-order valence-electron chi connectivity index (χ3n) is 10.0. The largest absolute Gasteiger partial charge is 0.479 e. The summed E-state index contributed by atoms with van der Waals surface area (Å²) in [5.74, 6) is 2.29. The number of para-hydroxylation sites is 2. The lowest BCUT2D eigenvalue weighted by atomic mass is 9.48. The molecule has 176 valence electrons. The van der Waals surface area contributed by atoms with E-state index in [1.165, 1.54) is 43.3 Å². The van der Waals surface area contributed by atoms with E-state index in [1.807, 2.05) is 11.7 Å². The average molecular weight is 472 g/mol. The van der Waals surface area contributed by atoms with Gasteiger partial charge in [0.05, 0.1) is 22.7 Å².